The highest BCUT2D eigenvalue weighted by atomic mass is 19.2. The molecule has 2 unspecified atom stereocenters. The maximum absolute atomic E-state index is 15.0. The van der Waals surface area contributed by atoms with Crippen LogP contribution in [0.1, 0.15) is 56.1 Å². The van der Waals surface area contributed by atoms with Gasteiger partial charge in [-0.05, 0) is 54.0 Å². The third kappa shape index (κ3) is 5.28. The van der Waals surface area contributed by atoms with Crippen LogP contribution >= 0.6 is 0 Å². The average molecular weight is 465 g/mol. The van der Waals surface area contributed by atoms with E-state index in [9.17, 15) is 13.2 Å². The Bertz CT molecular complexity index is 1130. The quantitative estimate of drug-likeness (QED) is 0.239. The van der Waals surface area contributed by atoms with Crippen LogP contribution in [0.3, 0.4) is 0 Å². The van der Waals surface area contributed by atoms with Crippen LogP contribution in [0.2, 0.25) is 0 Å². The molecule has 1 fully saturated rings. The minimum absolute atomic E-state index is 0.0782. The molecule has 34 heavy (non-hydrogen) atoms. The van der Waals surface area contributed by atoms with Gasteiger partial charge in [-0.1, -0.05) is 74.4 Å². The van der Waals surface area contributed by atoms with Crippen molar-refractivity contribution in [2.75, 3.05) is 6.61 Å². The van der Waals surface area contributed by atoms with Gasteiger partial charge in [-0.2, -0.15) is 0 Å². The predicted octanol–water partition coefficient (Wildman–Crippen LogP) is 8.62. The van der Waals surface area contributed by atoms with E-state index in [1.54, 1.807) is 48.5 Å². The molecule has 1 aliphatic heterocycles. The summed E-state index contributed by atoms with van der Waals surface area (Å²) in [7, 11) is 0. The Hall–Kier alpha value is -2.85. The van der Waals surface area contributed by atoms with Gasteiger partial charge in [0.1, 0.15) is 5.82 Å². The van der Waals surface area contributed by atoms with E-state index in [0.717, 1.165) is 37.7 Å². The van der Waals surface area contributed by atoms with Crippen LogP contribution in [0.4, 0.5) is 13.2 Å². The first-order valence-corrected chi connectivity index (χ1v) is 12.1. The second-order valence-corrected chi connectivity index (χ2v) is 9.06. The molecule has 4 rings (SSSR count). The monoisotopic (exact) mass is 464 g/mol. The summed E-state index contributed by atoms with van der Waals surface area (Å²) in [6, 6.07) is 15.5. The van der Waals surface area contributed by atoms with E-state index < -0.39 is 11.6 Å². The van der Waals surface area contributed by atoms with Gasteiger partial charge in [0.15, 0.2) is 11.6 Å². The number of aryl methyl sites for hydroxylation is 1. The minimum Gasteiger partial charge on any atom is -0.374 e. The van der Waals surface area contributed by atoms with Crippen LogP contribution < -0.4 is 0 Å². The Morgan fingerprint density at radius 2 is 1.59 bits per heavy atom. The molecule has 0 saturated carbocycles. The summed E-state index contributed by atoms with van der Waals surface area (Å²) in [5.74, 6) is -1.73. The van der Waals surface area contributed by atoms with Crippen LogP contribution in [-0.2, 0) is 11.2 Å². The lowest BCUT2D eigenvalue weighted by Crippen LogP contribution is -2.23. The van der Waals surface area contributed by atoms with Gasteiger partial charge in [0.25, 0.3) is 0 Å². The minimum atomic E-state index is -0.828. The normalized spacial score (nSPS) is 18.1. The van der Waals surface area contributed by atoms with Gasteiger partial charge in [-0.3, -0.25) is 0 Å². The SMILES string of the molecule is C=CC1CCC(c2ccc(-c3ccc(-c4ccc(CCCCC)c(F)c4F)cc3)c(F)c2)CO1. The highest BCUT2D eigenvalue weighted by Gasteiger charge is 2.22. The van der Waals surface area contributed by atoms with Crippen LogP contribution in [0, 0.1) is 17.5 Å². The van der Waals surface area contributed by atoms with Crippen molar-refractivity contribution in [1.29, 1.82) is 0 Å². The Kier molecular flexibility index (Phi) is 7.89. The fraction of sp³-hybridized carbons (Fsp3) is 0.333. The average Bonchev–Trinajstić information content (AvgIpc) is 2.87. The van der Waals surface area contributed by atoms with E-state index in [-0.39, 0.29) is 23.4 Å². The summed E-state index contributed by atoms with van der Waals surface area (Å²) in [5, 5.41) is 0. The molecule has 2 atom stereocenters. The maximum Gasteiger partial charge on any atom is 0.166 e. The lowest BCUT2D eigenvalue weighted by atomic mass is 9.90. The Morgan fingerprint density at radius 1 is 0.882 bits per heavy atom. The zero-order chi connectivity index (χ0) is 24.1. The Balaban J connectivity index is 1.51. The van der Waals surface area contributed by atoms with Crippen molar-refractivity contribution < 1.29 is 17.9 Å². The molecule has 3 aromatic carbocycles. The molecule has 4 heteroatoms. The number of ether oxygens (including phenoxy) is 1. The molecule has 0 spiro atoms. The van der Waals surface area contributed by atoms with Crippen molar-refractivity contribution in [2.45, 2.75) is 57.5 Å². The highest BCUT2D eigenvalue weighted by molar-refractivity contribution is 5.71. The zero-order valence-electron chi connectivity index (χ0n) is 19.6. The molecule has 1 saturated heterocycles. The van der Waals surface area contributed by atoms with Gasteiger partial charge in [0.05, 0.1) is 12.7 Å². The van der Waals surface area contributed by atoms with Gasteiger partial charge in [-0.15, -0.1) is 6.58 Å². The summed E-state index contributed by atoms with van der Waals surface area (Å²) in [6.07, 6.45) is 7.11. The van der Waals surface area contributed by atoms with E-state index in [2.05, 4.69) is 13.5 Å². The fourth-order valence-corrected chi connectivity index (χ4v) is 4.64. The molecule has 0 aliphatic carbocycles. The van der Waals surface area contributed by atoms with Crippen molar-refractivity contribution in [3.05, 3.63) is 95.8 Å². The molecule has 1 aliphatic rings. The topological polar surface area (TPSA) is 9.23 Å². The van der Waals surface area contributed by atoms with Crippen LogP contribution in [-0.4, -0.2) is 12.7 Å². The molecular weight excluding hydrogens is 433 g/mol. The van der Waals surface area contributed by atoms with E-state index in [0.29, 0.717) is 35.3 Å². The van der Waals surface area contributed by atoms with E-state index in [1.807, 2.05) is 12.1 Å². The maximum atomic E-state index is 15.0. The molecule has 3 aromatic rings. The molecule has 0 bridgehead atoms. The van der Waals surface area contributed by atoms with Gasteiger partial charge in [0.2, 0.25) is 0 Å². The largest absolute Gasteiger partial charge is 0.374 e. The van der Waals surface area contributed by atoms with Crippen molar-refractivity contribution in [3.8, 4) is 22.3 Å². The number of rotatable bonds is 8. The second-order valence-electron chi connectivity index (χ2n) is 9.06. The Labute approximate surface area is 200 Å². The molecule has 178 valence electrons. The highest BCUT2D eigenvalue weighted by Crippen LogP contribution is 2.33. The molecule has 0 aromatic heterocycles. The van der Waals surface area contributed by atoms with E-state index >= 15 is 0 Å². The molecular formula is C30H31F3O. The Morgan fingerprint density at radius 3 is 2.21 bits per heavy atom. The van der Waals surface area contributed by atoms with Gasteiger partial charge in [0, 0.05) is 17.0 Å². The van der Waals surface area contributed by atoms with Gasteiger partial charge in [-0.25, -0.2) is 13.2 Å². The summed E-state index contributed by atoms with van der Waals surface area (Å²) in [4.78, 5) is 0. The smallest absolute Gasteiger partial charge is 0.166 e. The third-order valence-corrected chi connectivity index (χ3v) is 6.76. The first-order chi connectivity index (χ1) is 16.5. The van der Waals surface area contributed by atoms with Crippen molar-refractivity contribution in [1.82, 2.24) is 0 Å². The summed E-state index contributed by atoms with van der Waals surface area (Å²) in [5.41, 5.74) is 3.29. The summed E-state index contributed by atoms with van der Waals surface area (Å²) >= 11 is 0. The van der Waals surface area contributed by atoms with E-state index in [1.165, 1.54) is 0 Å². The first kappa shape index (κ1) is 24.3. The lowest BCUT2D eigenvalue weighted by molar-refractivity contribution is 0.0328. The van der Waals surface area contributed by atoms with Crippen molar-refractivity contribution in [2.24, 2.45) is 0 Å². The second kappa shape index (κ2) is 11.1. The molecule has 0 radical (unpaired) electrons. The number of benzene rings is 3. The third-order valence-electron chi connectivity index (χ3n) is 6.76. The first-order valence-electron chi connectivity index (χ1n) is 12.1. The standard InChI is InChI=1S/C30H31F3O/c1-3-5-6-7-22-13-17-27(30(33)29(22)32)21-10-8-20(9-11-21)26-16-14-23(18-28(26)31)24-12-15-25(4-2)34-19-24/h4,8-11,13-14,16-18,24-25H,2-3,5-7,12,15,19H2,1H3. The number of halogens is 3. The molecule has 0 amide bonds. The van der Waals surface area contributed by atoms with Crippen molar-refractivity contribution in [3.63, 3.8) is 0 Å². The molecule has 0 N–H and O–H groups in total. The van der Waals surface area contributed by atoms with Crippen LogP contribution in [0.25, 0.3) is 22.3 Å². The summed E-state index contributed by atoms with van der Waals surface area (Å²) in [6.45, 7) is 6.41. The number of hydrogen-bond donors (Lipinski definition) is 0. The molecule has 1 heterocycles. The van der Waals surface area contributed by atoms with Gasteiger partial charge < -0.3 is 4.74 Å². The van der Waals surface area contributed by atoms with Gasteiger partial charge >= 0.3 is 0 Å². The van der Waals surface area contributed by atoms with Crippen LogP contribution in [0.5, 0.6) is 0 Å². The lowest BCUT2D eigenvalue weighted by Gasteiger charge is -2.27. The predicted molar refractivity (Wildman–Crippen MR) is 132 cm³/mol. The number of unbranched alkanes of at least 4 members (excludes halogenated alkanes) is 2. The summed E-state index contributed by atoms with van der Waals surface area (Å²) < 4.78 is 50.1. The zero-order valence-corrected chi connectivity index (χ0v) is 19.6. The van der Waals surface area contributed by atoms with E-state index in [4.69, 9.17) is 4.74 Å². The number of hydrogen-bond acceptors (Lipinski definition) is 1. The molecule has 1 nitrogen and oxygen atoms in total. The van der Waals surface area contributed by atoms with Crippen LogP contribution in [0.15, 0.2) is 67.3 Å². The van der Waals surface area contributed by atoms with Crippen molar-refractivity contribution >= 4 is 0 Å². The fourth-order valence-electron chi connectivity index (χ4n) is 4.64.